The van der Waals surface area contributed by atoms with E-state index in [2.05, 4.69) is 4.90 Å². The lowest BCUT2D eigenvalue weighted by Gasteiger charge is -2.39. The van der Waals surface area contributed by atoms with Crippen molar-refractivity contribution in [3.63, 3.8) is 0 Å². The molecule has 0 amide bonds. The summed E-state index contributed by atoms with van der Waals surface area (Å²) in [7, 11) is 1.99. The smallest absolute Gasteiger partial charge is 0.125 e. The van der Waals surface area contributed by atoms with Crippen molar-refractivity contribution in [3.05, 3.63) is 30.1 Å². The van der Waals surface area contributed by atoms with Gasteiger partial charge in [-0.2, -0.15) is 0 Å². The predicted octanol–water partition coefficient (Wildman–Crippen LogP) is 2.02. The Balaban J connectivity index is 2.07. The number of rotatable bonds is 4. The van der Waals surface area contributed by atoms with Crippen LogP contribution in [0.15, 0.2) is 24.3 Å². The molecule has 4 heteroatoms. The molecule has 3 nitrogen and oxygen atoms in total. The van der Waals surface area contributed by atoms with Gasteiger partial charge in [0.1, 0.15) is 5.82 Å². The van der Waals surface area contributed by atoms with Crippen molar-refractivity contribution in [1.82, 2.24) is 0 Å². The summed E-state index contributed by atoms with van der Waals surface area (Å²) in [5.41, 5.74) is 6.93. The summed E-state index contributed by atoms with van der Waals surface area (Å²) in [5.74, 6) is -0.201. The largest absolute Gasteiger partial charge is 0.381 e. The second kappa shape index (κ2) is 5.67. The molecule has 1 aliphatic heterocycles. The van der Waals surface area contributed by atoms with Gasteiger partial charge in [-0.3, -0.25) is 0 Å². The Labute approximate surface area is 108 Å². The first-order chi connectivity index (χ1) is 8.65. The number of anilines is 1. The lowest BCUT2D eigenvalue weighted by molar-refractivity contribution is 0.0229. The molecule has 0 aliphatic carbocycles. The molecule has 1 aromatic carbocycles. The van der Waals surface area contributed by atoms with Crippen LogP contribution in [0, 0.1) is 11.2 Å². The average Bonchev–Trinajstić information content (AvgIpc) is 2.40. The van der Waals surface area contributed by atoms with Crippen LogP contribution in [-0.2, 0) is 4.74 Å². The third-order valence-electron chi connectivity index (χ3n) is 3.81. The fraction of sp³-hybridized carbons (Fsp3) is 0.571. The van der Waals surface area contributed by atoms with Crippen molar-refractivity contribution in [2.75, 3.05) is 38.3 Å². The molecule has 1 heterocycles. The van der Waals surface area contributed by atoms with Crippen molar-refractivity contribution < 1.29 is 9.13 Å². The van der Waals surface area contributed by atoms with E-state index in [1.165, 1.54) is 6.07 Å². The SMILES string of the molecule is CN(CC1(CN)CCOCC1)c1cccc(F)c1. The van der Waals surface area contributed by atoms with Crippen LogP contribution in [0.3, 0.4) is 0 Å². The lowest BCUT2D eigenvalue weighted by atomic mass is 9.80. The van der Waals surface area contributed by atoms with Gasteiger partial charge in [0.25, 0.3) is 0 Å². The van der Waals surface area contributed by atoms with Crippen molar-refractivity contribution in [1.29, 1.82) is 0 Å². The van der Waals surface area contributed by atoms with Crippen LogP contribution in [0.1, 0.15) is 12.8 Å². The first-order valence-corrected chi connectivity index (χ1v) is 6.40. The van der Waals surface area contributed by atoms with Gasteiger partial charge in [0.15, 0.2) is 0 Å². The summed E-state index contributed by atoms with van der Waals surface area (Å²) in [6.07, 6.45) is 1.95. The quantitative estimate of drug-likeness (QED) is 0.891. The highest BCUT2D eigenvalue weighted by atomic mass is 19.1. The minimum Gasteiger partial charge on any atom is -0.381 e. The standard InChI is InChI=1S/C14H21FN2O/c1-17(13-4-2-3-12(15)9-13)11-14(10-16)5-7-18-8-6-14/h2-4,9H,5-8,10-11,16H2,1H3. The topological polar surface area (TPSA) is 38.5 Å². The van der Waals surface area contributed by atoms with E-state index in [9.17, 15) is 4.39 Å². The first kappa shape index (κ1) is 13.3. The van der Waals surface area contributed by atoms with Crippen LogP contribution in [0.2, 0.25) is 0 Å². The van der Waals surface area contributed by atoms with Crippen LogP contribution in [0.4, 0.5) is 10.1 Å². The summed E-state index contributed by atoms with van der Waals surface area (Å²) in [4.78, 5) is 2.08. The zero-order chi connectivity index (χ0) is 13.0. The molecule has 0 atom stereocenters. The fourth-order valence-electron chi connectivity index (χ4n) is 2.54. The second-order valence-corrected chi connectivity index (χ2v) is 5.15. The van der Waals surface area contributed by atoms with Crippen molar-refractivity contribution >= 4 is 5.69 Å². The summed E-state index contributed by atoms with van der Waals surface area (Å²) >= 11 is 0. The molecule has 18 heavy (non-hydrogen) atoms. The van der Waals surface area contributed by atoms with E-state index in [4.69, 9.17) is 10.5 Å². The maximum atomic E-state index is 13.2. The molecule has 1 aromatic rings. The van der Waals surface area contributed by atoms with Gasteiger partial charge in [-0.15, -0.1) is 0 Å². The van der Waals surface area contributed by atoms with Crippen LogP contribution in [0.5, 0.6) is 0 Å². The average molecular weight is 252 g/mol. The van der Waals surface area contributed by atoms with E-state index in [-0.39, 0.29) is 11.2 Å². The second-order valence-electron chi connectivity index (χ2n) is 5.15. The molecule has 1 aliphatic rings. The van der Waals surface area contributed by atoms with Gasteiger partial charge in [-0.1, -0.05) is 6.07 Å². The number of hydrogen-bond donors (Lipinski definition) is 1. The molecular formula is C14H21FN2O. The summed E-state index contributed by atoms with van der Waals surface area (Å²) in [6, 6.07) is 6.68. The number of ether oxygens (including phenoxy) is 1. The van der Waals surface area contributed by atoms with E-state index < -0.39 is 0 Å². The van der Waals surface area contributed by atoms with E-state index in [1.807, 2.05) is 13.1 Å². The summed E-state index contributed by atoms with van der Waals surface area (Å²) in [5, 5.41) is 0. The van der Waals surface area contributed by atoms with Gasteiger partial charge in [-0.25, -0.2) is 4.39 Å². The van der Waals surface area contributed by atoms with Crippen LogP contribution in [-0.4, -0.2) is 33.4 Å². The molecule has 0 bridgehead atoms. The molecule has 0 aromatic heterocycles. The Morgan fingerprint density at radius 2 is 2.11 bits per heavy atom. The number of hydrogen-bond acceptors (Lipinski definition) is 3. The van der Waals surface area contributed by atoms with E-state index in [0.29, 0.717) is 6.54 Å². The zero-order valence-corrected chi connectivity index (χ0v) is 10.9. The molecule has 1 fully saturated rings. The molecule has 0 radical (unpaired) electrons. The normalized spacial score (nSPS) is 18.6. The summed E-state index contributed by atoms with van der Waals surface area (Å²) in [6.45, 7) is 3.04. The van der Waals surface area contributed by atoms with Gasteiger partial charge in [0.2, 0.25) is 0 Å². The fourth-order valence-corrected chi connectivity index (χ4v) is 2.54. The number of nitrogens with two attached hydrogens (primary N) is 1. The summed E-state index contributed by atoms with van der Waals surface area (Å²) < 4.78 is 18.6. The molecular weight excluding hydrogens is 231 g/mol. The Kier molecular flexibility index (Phi) is 4.19. The molecule has 2 N–H and O–H groups in total. The minimum atomic E-state index is -0.201. The predicted molar refractivity (Wildman–Crippen MR) is 71.2 cm³/mol. The number of benzene rings is 1. The van der Waals surface area contributed by atoms with E-state index in [0.717, 1.165) is 38.3 Å². The Morgan fingerprint density at radius 1 is 1.39 bits per heavy atom. The van der Waals surface area contributed by atoms with Gasteiger partial charge in [0.05, 0.1) is 0 Å². The monoisotopic (exact) mass is 252 g/mol. The zero-order valence-electron chi connectivity index (χ0n) is 10.9. The van der Waals surface area contributed by atoms with Gasteiger partial charge in [0, 0.05) is 37.9 Å². The number of halogens is 1. The van der Waals surface area contributed by atoms with Crippen LogP contribution >= 0.6 is 0 Å². The maximum absolute atomic E-state index is 13.2. The van der Waals surface area contributed by atoms with Crippen molar-refractivity contribution in [2.24, 2.45) is 11.1 Å². The molecule has 1 saturated heterocycles. The Morgan fingerprint density at radius 3 is 2.72 bits per heavy atom. The lowest BCUT2D eigenvalue weighted by Crippen LogP contribution is -2.45. The molecule has 100 valence electrons. The highest BCUT2D eigenvalue weighted by Gasteiger charge is 2.32. The minimum absolute atomic E-state index is 0.0965. The Bertz CT molecular complexity index is 391. The van der Waals surface area contributed by atoms with Gasteiger partial charge in [-0.05, 0) is 37.6 Å². The van der Waals surface area contributed by atoms with Crippen LogP contribution < -0.4 is 10.6 Å². The van der Waals surface area contributed by atoms with Gasteiger partial charge >= 0.3 is 0 Å². The van der Waals surface area contributed by atoms with Crippen molar-refractivity contribution in [2.45, 2.75) is 12.8 Å². The third kappa shape index (κ3) is 3.00. The van der Waals surface area contributed by atoms with Crippen LogP contribution in [0.25, 0.3) is 0 Å². The molecule has 0 saturated carbocycles. The maximum Gasteiger partial charge on any atom is 0.125 e. The molecule has 0 unspecified atom stereocenters. The molecule has 2 rings (SSSR count). The number of nitrogens with zero attached hydrogens (tertiary/aromatic N) is 1. The van der Waals surface area contributed by atoms with Crippen molar-refractivity contribution in [3.8, 4) is 0 Å². The first-order valence-electron chi connectivity index (χ1n) is 6.40. The van der Waals surface area contributed by atoms with Gasteiger partial charge < -0.3 is 15.4 Å². The highest BCUT2D eigenvalue weighted by Crippen LogP contribution is 2.31. The third-order valence-corrected chi connectivity index (χ3v) is 3.81. The van der Waals surface area contributed by atoms with E-state index in [1.54, 1.807) is 12.1 Å². The highest BCUT2D eigenvalue weighted by molar-refractivity contribution is 5.45. The molecule has 0 spiro atoms. The Hall–Kier alpha value is -1.13. The van der Waals surface area contributed by atoms with E-state index >= 15 is 0 Å².